The first kappa shape index (κ1) is 14.0. The number of benzene rings is 2. The third-order valence-electron chi connectivity index (χ3n) is 2.78. The van der Waals surface area contributed by atoms with E-state index in [2.05, 4.69) is 38.5 Å². The second-order valence-electron chi connectivity index (χ2n) is 4.05. The number of aryl methyl sites for hydroxylation is 1. The lowest BCUT2D eigenvalue weighted by molar-refractivity contribution is 0.219. The summed E-state index contributed by atoms with van der Waals surface area (Å²) < 4.78 is 14.6. The van der Waals surface area contributed by atoms with Crippen LogP contribution in [0, 0.1) is 16.3 Å². The molecule has 4 heteroatoms. The van der Waals surface area contributed by atoms with Gasteiger partial charge in [-0.15, -0.1) is 0 Å². The van der Waals surface area contributed by atoms with Crippen LogP contribution in [0.4, 0.5) is 4.39 Å². The Bertz CT molecular complexity index is 586. The first-order valence-corrected chi connectivity index (χ1v) is 7.26. The first-order chi connectivity index (χ1) is 8.50. The van der Waals surface area contributed by atoms with E-state index in [1.807, 2.05) is 25.1 Å². The van der Waals surface area contributed by atoms with Crippen molar-refractivity contribution in [2.75, 3.05) is 0 Å². The predicted molar refractivity (Wildman–Crippen MR) is 82.1 cm³/mol. The van der Waals surface area contributed by atoms with E-state index in [4.69, 9.17) is 0 Å². The molecule has 0 saturated heterocycles. The molecule has 1 unspecified atom stereocenters. The lowest BCUT2D eigenvalue weighted by Gasteiger charge is -2.15. The zero-order chi connectivity index (χ0) is 13.3. The van der Waals surface area contributed by atoms with E-state index in [1.165, 1.54) is 6.07 Å². The molecule has 18 heavy (non-hydrogen) atoms. The van der Waals surface area contributed by atoms with E-state index in [0.29, 0.717) is 10.0 Å². The highest BCUT2D eigenvalue weighted by Gasteiger charge is 2.15. The van der Waals surface area contributed by atoms with Gasteiger partial charge in [-0.25, -0.2) is 4.39 Å². The van der Waals surface area contributed by atoms with Crippen LogP contribution in [0.3, 0.4) is 0 Å². The molecule has 0 radical (unpaired) electrons. The van der Waals surface area contributed by atoms with Gasteiger partial charge in [-0.05, 0) is 74.3 Å². The molecule has 0 aliphatic heterocycles. The highest BCUT2D eigenvalue weighted by atomic mass is 127. The molecule has 1 N–H and O–H groups in total. The molecule has 2 aromatic rings. The van der Waals surface area contributed by atoms with Crippen LogP contribution in [0.1, 0.15) is 22.8 Å². The average molecular weight is 421 g/mol. The standard InChI is InChI=1S/C14H11BrFIO/c1-8-3-2-4-10(13(8)17)14(18)9-5-6-12(16)11(15)7-9/h2-7,14,18H,1H3. The maximum Gasteiger partial charge on any atom is 0.137 e. The maximum atomic E-state index is 13.2. The fourth-order valence-corrected chi connectivity index (χ4v) is 2.79. The maximum absolute atomic E-state index is 13.2. The lowest BCUT2D eigenvalue weighted by atomic mass is 10.00. The van der Waals surface area contributed by atoms with Crippen LogP contribution in [-0.2, 0) is 0 Å². The fourth-order valence-electron chi connectivity index (χ4n) is 1.74. The van der Waals surface area contributed by atoms with Crippen molar-refractivity contribution in [1.82, 2.24) is 0 Å². The second kappa shape index (κ2) is 5.67. The minimum absolute atomic E-state index is 0.329. The van der Waals surface area contributed by atoms with Crippen LogP contribution in [0.5, 0.6) is 0 Å². The molecule has 0 fully saturated rings. The van der Waals surface area contributed by atoms with Crippen molar-refractivity contribution in [3.8, 4) is 0 Å². The molecule has 94 valence electrons. The van der Waals surface area contributed by atoms with Gasteiger partial charge < -0.3 is 5.11 Å². The minimum Gasteiger partial charge on any atom is -0.384 e. The highest BCUT2D eigenvalue weighted by molar-refractivity contribution is 14.1. The van der Waals surface area contributed by atoms with Gasteiger partial charge in [0.1, 0.15) is 11.9 Å². The number of aliphatic hydroxyl groups excluding tert-OH is 1. The van der Waals surface area contributed by atoms with Crippen LogP contribution in [0.15, 0.2) is 40.9 Å². The van der Waals surface area contributed by atoms with Crippen molar-refractivity contribution in [3.63, 3.8) is 0 Å². The predicted octanol–water partition coefficient (Wildman–Crippen LogP) is 4.58. The summed E-state index contributed by atoms with van der Waals surface area (Å²) in [5.74, 6) is -0.329. The smallest absolute Gasteiger partial charge is 0.137 e. The molecule has 0 saturated carbocycles. The Kier molecular flexibility index (Phi) is 4.40. The topological polar surface area (TPSA) is 20.2 Å². The summed E-state index contributed by atoms with van der Waals surface area (Å²) in [4.78, 5) is 0. The van der Waals surface area contributed by atoms with Gasteiger partial charge in [0.25, 0.3) is 0 Å². The second-order valence-corrected chi connectivity index (χ2v) is 5.99. The Balaban J connectivity index is 2.44. The van der Waals surface area contributed by atoms with Crippen molar-refractivity contribution in [2.45, 2.75) is 13.0 Å². The summed E-state index contributed by atoms with van der Waals surface area (Å²) in [5, 5.41) is 10.4. The van der Waals surface area contributed by atoms with Gasteiger partial charge in [0.2, 0.25) is 0 Å². The van der Waals surface area contributed by atoms with Gasteiger partial charge in [0.15, 0.2) is 0 Å². The van der Waals surface area contributed by atoms with Gasteiger partial charge in [-0.1, -0.05) is 24.3 Å². The summed E-state index contributed by atoms with van der Waals surface area (Å²) in [6.07, 6.45) is -0.742. The van der Waals surface area contributed by atoms with Crippen molar-refractivity contribution in [3.05, 3.63) is 66.9 Å². The van der Waals surface area contributed by atoms with Gasteiger partial charge >= 0.3 is 0 Å². The highest BCUT2D eigenvalue weighted by Crippen LogP contribution is 2.30. The monoisotopic (exact) mass is 420 g/mol. The summed E-state index contributed by atoms with van der Waals surface area (Å²) in [6.45, 7) is 2.00. The first-order valence-electron chi connectivity index (χ1n) is 5.38. The molecule has 2 aromatic carbocycles. The molecule has 0 heterocycles. The molecule has 0 spiro atoms. The zero-order valence-electron chi connectivity index (χ0n) is 9.62. The molecule has 2 rings (SSSR count). The van der Waals surface area contributed by atoms with E-state index in [0.717, 1.165) is 14.7 Å². The number of hydrogen-bond acceptors (Lipinski definition) is 1. The molecule has 1 nitrogen and oxygen atoms in total. The molecule has 0 aliphatic rings. The van der Waals surface area contributed by atoms with Crippen LogP contribution < -0.4 is 0 Å². The van der Waals surface area contributed by atoms with E-state index < -0.39 is 6.10 Å². The van der Waals surface area contributed by atoms with Crippen LogP contribution >= 0.6 is 38.5 Å². The minimum atomic E-state index is -0.742. The van der Waals surface area contributed by atoms with E-state index in [9.17, 15) is 9.50 Å². The normalized spacial score (nSPS) is 12.5. The van der Waals surface area contributed by atoms with Gasteiger partial charge in [-0.2, -0.15) is 0 Å². The zero-order valence-corrected chi connectivity index (χ0v) is 13.4. The molecular weight excluding hydrogens is 410 g/mol. The van der Waals surface area contributed by atoms with Gasteiger partial charge in [-0.3, -0.25) is 0 Å². The molecular formula is C14H11BrFIO. The van der Waals surface area contributed by atoms with Crippen LogP contribution in [-0.4, -0.2) is 5.11 Å². The summed E-state index contributed by atoms with van der Waals surface area (Å²) in [5.41, 5.74) is 2.63. The Labute approximate surface area is 127 Å². The lowest BCUT2D eigenvalue weighted by Crippen LogP contribution is -2.03. The van der Waals surface area contributed by atoms with Crippen LogP contribution in [0.2, 0.25) is 0 Å². The summed E-state index contributed by atoms with van der Waals surface area (Å²) in [7, 11) is 0. The van der Waals surface area contributed by atoms with Crippen molar-refractivity contribution < 1.29 is 9.50 Å². The number of halogens is 3. The summed E-state index contributed by atoms with van der Waals surface area (Å²) >= 11 is 5.35. The van der Waals surface area contributed by atoms with E-state index in [1.54, 1.807) is 12.1 Å². The Morgan fingerprint density at radius 3 is 2.67 bits per heavy atom. The fraction of sp³-hybridized carbons (Fsp3) is 0.143. The Morgan fingerprint density at radius 1 is 1.28 bits per heavy atom. The van der Waals surface area contributed by atoms with Gasteiger partial charge in [0.05, 0.1) is 4.47 Å². The Morgan fingerprint density at radius 2 is 2.00 bits per heavy atom. The molecule has 0 aromatic heterocycles. The third-order valence-corrected chi connectivity index (χ3v) is 4.86. The van der Waals surface area contributed by atoms with Crippen molar-refractivity contribution in [2.24, 2.45) is 0 Å². The number of hydrogen-bond donors (Lipinski definition) is 1. The number of aliphatic hydroxyl groups is 1. The summed E-state index contributed by atoms with van der Waals surface area (Å²) in [6, 6.07) is 10.4. The molecule has 1 atom stereocenters. The quantitative estimate of drug-likeness (QED) is 0.705. The van der Waals surface area contributed by atoms with Crippen LogP contribution in [0.25, 0.3) is 0 Å². The molecule has 0 aliphatic carbocycles. The average Bonchev–Trinajstić information content (AvgIpc) is 2.35. The number of rotatable bonds is 2. The van der Waals surface area contributed by atoms with Crippen molar-refractivity contribution in [1.29, 1.82) is 0 Å². The van der Waals surface area contributed by atoms with Gasteiger partial charge in [0, 0.05) is 3.57 Å². The molecule has 0 bridgehead atoms. The largest absolute Gasteiger partial charge is 0.384 e. The van der Waals surface area contributed by atoms with E-state index in [-0.39, 0.29) is 5.82 Å². The molecule has 0 amide bonds. The van der Waals surface area contributed by atoms with E-state index >= 15 is 0 Å². The van der Waals surface area contributed by atoms with Crippen molar-refractivity contribution >= 4 is 38.5 Å². The SMILES string of the molecule is Cc1cccc(C(O)c2ccc(F)c(Br)c2)c1I. The third kappa shape index (κ3) is 2.75. The Hall–Kier alpha value is -0.460.